The fourth-order valence-corrected chi connectivity index (χ4v) is 1.13. The van der Waals surface area contributed by atoms with Gasteiger partial charge in [-0.3, -0.25) is 0 Å². The fourth-order valence-electron chi connectivity index (χ4n) is 1.13. The highest BCUT2D eigenvalue weighted by Gasteiger charge is 2.42. The van der Waals surface area contributed by atoms with Crippen molar-refractivity contribution in [3.63, 3.8) is 0 Å². The van der Waals surface area contributed by atoms with Crippen molar-refractivity contribution in [2.45, 2.75) is 30.7 Å². The van der Waals surface area contributed by atoms with E-state index in [1.807, 2.05) is 0 Å². The summed E-state index contributed by atoms with van der Waals surface area (Å²) in [6.45, 7) is -0.0258. The number of hydrogen-bond donors (Lipinski definition) is 5. The molecule has 0 radical (unpaired) electrons. The summed E-state index contributed by atoms with van der Waals surface area (Å²) in [4.78, 5) is 0. The number of ether oxygens (including phenoxy) is 1. The van der Waals surface area contributed by atoms with E-state index < -0.39 is 30.7 Å². The summed E-state index contributed by atoms with van der Waals surface area (Å²) < 4.78 is 4.70. The van der Waals surface area contributed by atoms with Crippen LogP contribution in [0.2, 0.25) is 0 Å². The van der Waals surface area contributed by atoms with E-state index in [0.29, 0.717) is 0 Å². The molecule has 0 bridgehead atoms. The van der Waals surface area contributed by atoms with Gasteiger partial charge in [0, 0.05) is 6.54 Å². The lowest BCUT2D eigenvalue weighted by Crippen LogP contribution is -2.59. The molecule has 6 heteroatoms. The summed E-state index contributed by atoms with van der Waals surface area (Å²) in [5.74, 6) is 0. The number of rotatable bonds is 1. The summed E-state index contributed by atoms with van der Waals surface area (Å²) in [5, 5.41) is 36.3. The molecule has 1 fully saturated rings. The first kappa shape index (κ1) is 9.85. The second kappa shape index (κ2) is 3.65. The van der Waals surface area contributed by atoms with Gasteiger partial charge in [-0.15, -0.1) is 0 Å². The van der Waals surface area contributed by atoms with Crippen LogP contribution >= 0.6 is 0 Å². The highest BCUT2D eigenvalue weighted by Crippen LogP contribution is 2.18. The van der Waals surface area contributed by atoms with E-state index in [9.17, 15) is 5.11 Å². The molecule has 6 N–H and O–H groups in total. The standard InChI is InChI=1S/C6H13NO5/c7-1-2-3(8)4(9)5(10)6(11)12-2/h2-6,8-11H,1,7H2/t2?,3?,4-,5?,6+/m0/s1. The Kier molecular flexibility index (Phi) is 2.99. The lowest BCUT2D eigenvalue weighted by Gasteiger charge is -2.37. The van der Waals surface area contributed by atoms with Gasteiger partial charge in [0.25, 0.3) is 0 Å². The molecule has 1 heterocycles. The number of aliphatic hydroxyl groups is 4. The molecule has 1 aliphatic heterocycles. The van der Waals surface area contributed by atoms with Crippen LogP contribution in [0.4, 0.5) is 0 Å². The molecule has 1 aliphatic rings. The average Bonchev–Trinajstić information content (AvgIpc) is 2.08. The third-order valence-corrected chi connectivity index (χ3v) is 1.92. The van der Waals surface area contributed by atoms with Gasteiger partial charge < -0.3 is 30.9 Å². The molecule has 0 aromatic heterocycles. The van der Waals surface area contributed by atoms with Crippen LogP contribution in [0.15, 0.2) is 0 Å². The molecule has 72 valence electrons. The SMILES string of the molecule is NCC1O[C@@H](O)C(O)[C@@H](O)C1O. The summed E-state index contributed by atoms with van der Waals surface area (Å²) >= 11 is 0. The quantitative estimate of drug-likeness (QED) is 0.288. The molecule has 0 saturated carbocycles. The van der Waals surface area contributed by atoms with E-state index in [4.69, 9.17) is 25.8 Å². The molecule has 1 saturated heterocycles. The molecule has 0 amide bonds. The van der Waals surface area contributed by atoms with Gasteiger partial charge in [-0.1, -0.05) is 0 Å². The molecule has 0 aromatic carbocycles. The van der Waals surface area contributed by atoms with Crippen LogP contribution in [0, 0.1) is 0 Å². The maximum atomic E-state index is 9.20. The van der Waals surface area contributed by atoms with Gasteiger partial charge in [-0.25, -0.2) is 0 Å². The van der Waals surface area contributed by atoms with Gasteiger partial charge in [0.2, 0.25) is 0 Å². The minimum absolute atomic E-state index is 0.0258. The Bertz CT molecular complexity index is 150. The van der Waals surface area contributed by atoms with Gasteiger partial charge in [0.05, 0.1) is 0 Å². The number of hydrogen-bond acceptors (Lipinski definition) is 6. The maximum absolute atomic E-state index is 9.20. The summed E-state index contributed by atoms with van der Waals surface area (Å²) in [6, 6.07) is 0. The molecule has 0 aromatic rings. The summed E-state index contributed by atoms with van der Waals surface area (Å²) in [6.07, 6.45) is -6.48. The van der Waals surface area contributed by atoms with Crippen molar-refractivity contribution in [2.24, 2.45) is 5.73 Å². The Morgan fingerprint density at radius 1 is 1.00 bits per heavy atom. The average molecular weight is 179 g/mol. The maximum Gasteiger partial charge on any atom is 0.184 e. The Hall–Kier alpha value is -0.240. The molecule has 12 heavy (non-hydrogen) atoms. The zero-order chi connectivity index (χ0) is 9.30. The summed E-state index contributed by atoms with van der Waals surface area (Å²) in [7, 11) is 0. The minimum Gasteiger partial charge on any atom is -0.388 e. The lowest BCUT2D eigenvalue weighted by atomic mass is 9.99. The van der Waals surface area contributed by atoms with Crippen LogP contribution in [-0.2, 0) is 4.74 Å². The Morgan fingerprint density at radius 2 is 1.58 bits per heavy atom. The third kappa shape index (κ3) is 1.58. The van der Waals surface area contributed by atoms with Gasteiger partial charge >= 0.3 is 0 Å². The molecule has 6 nitrogen and oxygen atoms in total. The van der Waals surface area contributed by atoms with Crippen molar-refractivity contribution in [1.82, 2.24) is 0 Å². The van der Waals surface area contributed by atoms with E-state index in [2.05, 4.69) is 0 Å². The Morgan fingerprint density at radius 3 is 2.08 bits per heavy atom. The van der Waals surface area contributed by atoms with Crippen molar-refractivity contribution in [3.8, 4) is 0 Å². The van der Waals surface area contributed by atoms with Gasteiger partial charge in [0.1, 0.15) is 24.4 Å². The van der Waals surface area contributed by atoms with Crippen LogP contribution in [0.25, 0.3) is 0 Å². The van der Waals surface area contributed by atoms with Crippen LogP contribution in [0.5, 0.6) is 0 Å². The van der Waals surface area contributed by atoms with Gasteiger partial charge in [0.15, 0.2) is 6.29 Å². The molecular formula is C6H13NO5. The Labute approximate surface area is 69.2 Å². The van der Waals surface area contributed by atoms with Crippen LogP contribution in [0.1, 0.15) is 0 Å². The Balaban J connectivity index is 2.63. The summed E-state index contributed by atoms with van der Waals surface area (Å²) in [5.41, 5.74) is 5.17. The van der Waals surface area contributed by atoms with Crippen LogP contribution < -0.4 is 5.73 Å². The van der Waals surface area contributed by atoms with Crippen LogP contribution in [0.3, 0.4) is 0 Å². The predicted molar refractivity (Wildman–Crippen MR) is 38.0 cm³/mol. The van der Waals surface area contributed by atoms with Crippen molar-refractivity contribution in [3.05, 3.63) is 0 Å². The lowest BCUT2D eigenvalue weighted by molar-refractivity contribution is -0.279. The monoisotopic (exact) mass is 179 g/mol. The molecule has 0 aliphatic carbocycles. The van der Waals surface area contributed by atoms with E-state index in [0.717, 1.165) is 0 Å². The van der Waals surface area contributed by atoms with E-state index in [-0.39, 0.29) is 6.54 Å². The smallest absolute Gasteiger partial charge is 0.184 e. The van der Waals surface area contributed by atoms with Gasteiger partial charge in [-0.2, -0.15) is 0 Å². The first-order chi connectivity index (χ1) is 5.57. The van der Waals surface area contributed by atoms with E-state index >= 15 is 0 Å². The highest BCUT2D eigenvalue weighted by molar-refractivity contribution is 4.88. The predicted octanol–water partition coefficient (Wildman–Crippen LogP) is -3.25. The van der Waals surface area contributed by atoms with Crippen molar-refractivity contribution >= 4 is 0 Å². The topological polar surface area (TPSA) is 116 Å². The molecule has 0 spiro atoms. The minimum atomic E-state index is -1.49. The van der Waals surface area contributed by atoms with E-state index in [1.54, 1.807) is 0 Å². The fraction of sp³-hybridized carbons (Fsp3) is 1.00. The van der Waals surface area contributed by atoms with Crippen molar-refractivity contribution < 1.29 is 25.2 Å². The van der Waals surface area contributed by atoms with Crippen molar-refractivity contribution in [1.29, 1.82) is 0 Å². The first-order valence-electron chi connectivity index (χ1n) is 3.65. The third-order valence-electron chi connectivity index (χ3n) is 1.92. The highest BCUT2D eigenvalue weighted by atomic mass is 16.6. The van der Waals surface area contributed by atoms with E-state index in [1.165, 1.54) is 0 Å². The van der Waals surface area contributed by atoms with Crippen molar-refractivity contribution in [2.75, 3.05) is 6.54 Å². The number of aliphatic hydroxyl groups excluding tert-OH is 4. The molecule has 1 rings (SSSR count). The second-order valence-electron chi connectivity index (χ2n) is 2.77. The van der Waals surface area contributed by atoms with Crippen LogP contribution in [-0.4, -0.2) is 57.7 Å². The zero-order valence-electron chi connectivity index (χ0n) is 6.37. The van der Waals surface area contributed by atoms with Gasteiger partial charge in [-0.05, 0) is 0 Å². The number of nitrogens with two attached hydrogens (primary N) is 1. The molecule has 5 atom stereocenters. The second-order valence-corrected chi connectivity index (χ2v) is 2.77. The molecule has 3 unspecified atom stereocenters. The molecular weight excluding hydrogens is 166 g/mol. The zero-order valence-corrected chi connectivity index (χ0v) is 6.37. The first-order valence-corrected chi connectivity index (χ1v) is 3.65. The largest absolute Gasteiger partial charge is 0.388 e. The normalized spacial score (nSPS) is 49.2.